The molecule has 1 aliphatic heterocycles. The molecule has 2 aromatic rings. The van der Waals surface area contributed by atoms with Gasteiger partial charge in [-0.3, -0.25) is 4.79 Å². The minimum atomic E-state index is -0.634. The zero-order chi connectivity index (χ0) is 15.0. The van der Waals surface area contributed by atoms with Gasteiger partial charge in [0.2, 0.25) is 0 Å². The van der Waals surface area contributed by atoms with Crippen LogP contribution in [0.4, 0.5) is 4.39 Å². The molecule has 0 unspecified atom stereocenters. The maximum Gasteiger partial charge on any atom is 0.310 e. The van der Waals surface area contributed by atoms with E-state index in [0.29, 0.717) is 0 Å². The number of hydrogen-bond donors (Lipinski definition) is 0. The summed E-state index contributed by atoms with van der Waals surface area (Å²) in [7, 11) is 0. The molecule has 1 fully saturated rings. The van der Waals surface area contributed by atoms with Gasteiger partial charge in [0.15, 0.2) is 0 Å². The molecule has 2 heterocycles. The lowest BCUT2D eigenvalue weighted by Crippen LogP contribution is -2.21. The highest BCUT2D eigenvalue weighted by Crippen LogP contribution is 2.41. The molecule has 1 aromatic heterocycles. The van der Waals surface area contributed by atoms with E-state index in [9.17, 15) is 9.18 Å². The van der Waals surface area contributed by atoms with Crippen LogP contribution in [0.3, 0.4) is 0 Å². The summed E-state index contributed by atoms with van der Waals surface area (Å²) in [5.41, 5.74) is 2.19. The van der Waals surface area contributed by atoms with Crippen LogP contribution in [0.5, 0.6) is 0 Å². The summed E-state index contributed by atoms with van der Waals surface area (Å²) in [5.74, 6) is -0.488. The van der Waals surface area contributed by atoms with Gasteiger partial charge in [-0.05, 0) is 48.6 Å². The average molecular weight is 302 g/mol. The van der Waals surface area contributed by atoms with Crippen LogP contribution >= 0.6 is 11.3 Å². The number of rotatable bonds is 2. The molecule has 0 radical (unpaired) electrons. The summed E-state index contributed by atoms with van der Waals surface area (Å²) in [6, 6.07) is 10.3. The average Bonchev–Trinajstić information content (AvgIpc) is 3.01. The molecule has 1 saturated heterocycles. The highest BCUT2D eigenvalue weighted by atomic mass is 32.1. The van der Waals surface area contributed by atoms with Crippen LogP contribution in [0.25, 0.3) is 5.57 Å². The maximum atomic E-state index is 13.2. The summed E-state index contributed by atoms with van der Waals surface area (Å²) >= 11 is 1.60. The van der Waals surface area contributed by atoms with Crippen molar-refractivity contribution in [1.82, 2.24) is 0 Å². The fourth-order valence-electron chi connectivity index (χ4n) is 2.63. The zero-order valence-corrected chi connectivity index (χ0v) is 12.7. The smallest absolute Gasteiger partial charge is 0.310 e. The highest BCUT2D eigenvalue weighted by Gasteiger charge is 2.39. The van der Waals surface area contributed by atoms with Crippen molar-refractivity contribution in [1.29, 1.82) is 0 Å². The van der Waals surface area contributed by atoms with E-state index in [1.54, 1.807) is 23.5 Å². The number of hydrogen-bond acceptors (Lipinski definition) is 3. The largest absolute Gasteiger partial charge is 0.455 e. The Hall–Kier alpha value is -1.94. The van der Waals surface area contributed by atoms with Crippen molar-refractivity contribution in [3.63, 3.8) is 0 Å². The van der Waals surface area contributed by atoms with Crippen molar-refractivity contribution in [2.75, 3.05) is 0 Å². The Labute approximate surface area is 126 Å². The van der Waals surface area contributed by atoms with Gasteiger partial charge in [-0.25, -0.2) is 4.39 Å². The van der Waals surface area contributed by atoms with E-state index in [4.69, 9.17) is 4.74 Å². The number of esters is 1. The monoisotopic (exact) mass is 302 g/mol. The third kappa shape index (κ3) is 2.63. The Balaban J connectivity index is 2.23. The molecule has 1 aromatic carbocycles. The van der Waals surface area contributed by atoms with E-state index in [1.807, 2.05) is 31.4 Å². The van der Waals surface area contributed by atoms with Crippen molar-refractivity contribution in [2.45, 2.75) is 25.9 Å². The first-order valence-electron chi connectivity index (χ1n) is 6.72. The van der Waals surface area contributed by atoms with Crippen LogP contribution in [0, 0.1) is 5.82 Å². The van der Waals surface area contributed by atoms with Gasteiger partial charge in [0.25, 0.3) is 0 Å². The lowest BCUT2D eigenvalue weighted by molar-refractivity contribution is -0.145. The summed E-state index contributed by atoms with van der Waals surface area (Å²) < 4.78 is 18.6. The third-order valence-corrected chi connectivity index (χ3v) is 4.51. The maximum absolute atomic E-state index is 13.2. The second-order valence-corrected chi connectivity index (χ2v) is 6.45. The first-order chi connectivity index (χ1) is 9.97. The van der Waals surface area contributed by atoms with Gasteiger partial charge in [-0.2, -0.15) is 0 Å². The van der Waals surface area contributed by atoms with Gasteiger partial charge >= 0.3 is 5.97 Å². The second-order valence-electron chi connectivity index (χ2n) is 5.50. The van der Waals surface area contributed by atoms with Crippen molar-refractivity contribution in [3.05, 3.63) is 63.6 Å². The molecule has 0 aliphatic carbocycles. The van der Waals surface area contributed by atoms with Crippen LogP contribution in [-0.4, -0.2) is 11.6 Å². The molecule has 0 N–H and O–H groups in total. The van der Waals surface area contributed by atoms with Crippen LogP contribution < -0.4 is 0 Å². The number of carbonyl (C=O) groups excluding carboxylic acids is 1. The molecular weight excluding hydrogens is 287 g/mol. The zero-order valence-electron chi connectivity index (χ0n) is 11.9. The molecule has 21 heavy (non-hydrogen) atoms. The molecular formula is C17H15FO2S. The Bertz CT molecular complexity index is 697. The molecule has 3 rings (SSSR count). The quantitative estimate of drug-likeness (QED) is 0.768. The molecule has 108 valence electrons. The molecule has 0 bridgehead atoms. The van der Waals surface area contributed by atoms with E-state index >= 15 is 0 Å². The number of cyclic esters (lactones) is 1. The number of halogens is 1. The molecule has 4 heteroatoms. The van der Waals surface area contributed by atoms with Crippen LogP contribution in [0.15, 0.2) is 47.4 Å². The molecule has 0 saturated carbocycles. The van der Waals surface area contributed by atoms with E-state index < -0.39 is 5.60 Å². The van der Waals surface area contributed by atoms with Crippen molar-refractivity contribution >= 4 is 22.9 Å². The molecule has 1 aliphatic rings. The van der Waals surface area contributed by atoms with Gasteiger partial charge in [0.05, 0.1) is 6.42 Å². The number of carbonyl (C=O) groups is 1. The van der Waals surface area contributed by atoms with Gasteiger partial charge in [-0.1, -0.05) is 18.2 Å². The molecule has 0 spiro atoms. The van der Waals surface area contributed by atoms with Crippen LogP contribution in [0.2, 0.25) is 0 Å². The highest BCUT2D eigenvalue weighted by molar-refractivity contribution is 7.11. The summed E-state index contributed by atoms with van der Waals surface area (Å²) in [6.07, 6.45) is 0.275. The summed E-state index contributed by atoms with van der Waals surface area (Å²) in [4.78, 5) is 12.8. The first-order valence-corrected chi connectivity index (χ1v) is 7.60. The number of benzene rings is 1. The van der Waals surface area contributed by atoms with Crippen LogP contribution in [0.1, 0.15) is 30.7 Å². The third-order valence-electron chi connectivity index (χ3n) is 3.62. The normalized spacial score (nSPS) is 19.5. The van der Waals surface area contributed by atoms with E-state index in [2.05, 4.69) is 0 Å². The van der Waals surface area contributed by atoms with Crippen molar-refractivity contribution < 1.29 is 13.9 Å². The Kier molecular flexibility index (Phi) is 3.41. The molecule has 0 atom stereocenters. The molecule has 2 nitrogen and oxygen atoms in total. The predicted molar refractivity (Wildman–Crippen MR) is 81.5 cm³/mol. The minimum absolute atomic E-state index is 0.217. The second kappa shape index (κ2) is 5.11. The Morgan fingerprint density at radius 3 is 2.48 bits per heavy atom. The number of ether oxygens (including phenoxy) is 1. The SMILES string of the molecule is CC1(C)OC(=O)C/C1=C(\c1ccc(F)cc1)c1cccs1. The van der Waals surface area contributed by atoms with Crippen LogP contribution in [-0.2, 0) is 9.53 Å². The minimum Gasteiger partial charge on any atom is -0.455 e. The summed E-state index contributed by atoms with van der Waals surface area (Å²) in [5, 5.41) is 1.99. The van der Waals surface area contributed by atoms with Gasteiger partial charge < -0.3 is 4.74 Å². The summed E-state index contributed by atoms with van der Waals surface area (Å²) in [6.45, 7) is 3.79. The lowest BCUT2D eigenvalue weighted by atomic mass is 9.88. The van der Waals surface area contributed by atoms with E-state index in [0.717, 1.165) is 21.6 Å². The van der Waals surface area contributed by atoms with Gasteiger partial charge in [0.1, 0.15) is 11.4 Å². The van der Waals surface area contributed by atoms with Gasteiger partial charge in [0, 0.05) is 10.5 Å². The molecule has 0 amide bonds. The van der Waals surface area contributed by atoms with Gasteiger partial charge in [-0.15, -0.1) is 11.3 Å². The van der Waals surface area contributed by atoms with Crippen molar-refractivity contribution in [2.24, 2.45) is 0 Å². The van der Waals surface area contributed by atoms with E-state index in [-0.39, 0.29) is 18.2 Å². The predicted octanol–water partition coefficient (Wildman–Crippen LogP) is 4.41. The lowest BCUT2D eigenvalue weighted by Gasteiger charge is -2.22. The Morgan fingerprint density at radius 1 is 1.24 bits per heavy atom. The first kappa shape index (κ1) is 14.0. The standard InChI is InChI=1S/C17H15FO2S/c1-17(2)13(10-15(19)20-17)16(14-4-3-9-21-14)11-5-7-12(18)8-6-11/h3-9H,10H2,1-2H3/b16-13-. The fourth-order valence-corrected chi connectivity index (χ4v) is 3.45. The number of thiophene rings is 1. The Morgan fingerprint density at radius 2 is 1.95 bits per heavy atom. The topological polar surface area (TPSA) is 26.3 Å². The van der Waals surface area contributed by atoms with Crippen molar-refractivity contribution in [3.8, 4) is 0 Å². The fraction of sp³-hybridized carbons (Fsp3) is 0.235. The van der Waals surface area contributed by atoms with E-state index in [1.165, 1.54) is 12.1 Å².